The number of aliphatic hydroxyl groups excluding tert-OH is 2. The number of benzene rings is 1. The van der Waals surface area contributed by atoms with Crippen molar-refractivity contribution in [2.24, 2.45) is 5.73 Å². The molecule has 0 saturated carbocycles. The van der Waals surface area contributed by atoms with Gasteiger partial charge in [0, 0.05) is 0 Å². The summed E-state index contributed by atoms with van der Waals surface area (Å²) in [5.41, 5.74) is 4.23. The molecule has 0 aromatic heterocycles. The second-order valence-electron chi connectivity index (χ2n) is 7.50. The first-order valence-corrected chi connectivity index (χ1v) is 10.1. The number of hydrogen-bond acceptors (Lipinski definition) is 4. The largest absolute Gasteiger partial charge is 0.490 e. The van der Waals surface area contributed by atoms with Crippen molar-refractivity contribution in [1.82, 2.24) is 0 Å². The predicted octanol–water partition coefficient (Wildman–Crippen LogP) is 4.45. The summed E-state index contributed by atoms with van der Waals surface area (Å²) < 4.78 is 46.4. The molecule has 0 aliphatic heterocycles. The number of rotatable bonds is 13. The molecule has 0 spiro atoms. The molecule has 4 nitrogen and oxygen atoms in total. The van der Waals surface area contributed by atoms with Crippen molar-refractivity contribution in [2.45, 2.75) is 83.0 Å². The summed E-state index contributed by atoms with van der Waals surface area (Å²) in [6.45, 7) is 3.15. The van der Waals surface area contributed by atoms with Crippen LogP contribution >= 0.6 is 0 Å². The van der Waals surface area contributed by atoms with Crippen molar-refractivity contribution >= 4 is 0 Å². The Morgan fingerprint density at radius 1 is 1.07 bits per heavy atom. The molecule has 7 heteroatoms. The molecule has 0 amide bonds. The van der Waals surface area contributed by atoms with Gasteiger partial charge < -0.3 is 20.7 Å². The van der Waals surface area contributed by atoms with Crippen LogP contribution in [-0.2, 0) is 12.6 Å². The van der Waals surface area contributed by atoms with Gasteiger partial charge in [-0.1, -0.05) is 39.2 Å². The number of hydrogen-bond donors (Lipinski definition) is 3. The number of alkyl halides is 3. The predicted molar refractivity (Wildman–Crippen MR) is 104 cm³/mol. The highest BCUT2D eigenvalue weighted by Gasteiger charge is 2.35. The lowest BCUT2D eigenvalue weighted by molar-refractivity contribution is -0.139. The van der Waals surface area contributed by atoms with E-state index >= 15 is 0 Å². The third-order valence-electron chi connectivity index (χ3n) is 5.02. The fraction of sp³-hybridized carbons (Fsp3) is 0.714. The third kappa shape index (κ3) is 7.97. The Morgan fingerprint density at radius 2 is 1.75 bits per heavy atom. The van der Waals surface area contributed by atoms with E-state index < -0.39 is 30.5 Å². The molecule has 0 aliphatic rings. The number of nitrogens with two attached hydrogens (primary N) is 1. The van der Waals surface area contributed by atoms with E-state index in [0.29, 0.717) is 12.0 Å². The molecule has 4 N–H and O–H groups in total. The van der Waals surface area contributed by atoms with Crippen LogP contribution in [0.2, 0.25) is 0 Å². The molecule has 1 aromatic rings. The summed E-state index contributed by atoms with van der Waals surface area (Å²) in [5.74, 6) is -0.151. The highest BCUT2D eigenvalue weighted by atomic mass is 19.4. The Hall–Kier alpha value is -1.31. The van der Waals surface area contributed by atoms with Gasteiger partial charge in [-0.15, -0.1) is 0 Å². The Balaban J connectivity index is 2.91. The standard InChI is InChI=1S/C21H34F3NO3/c1-3-5-6-7-8-17(4-2)28-19-10-9-16(13-18(19)21(22,23)24)11-12-20(25,14-26)15-27/h9-10,13,17,26-27H,3-8,11-12,14-15,25H2,1-2H3. The maximum atomic E-state index is 13.6. The van der Waals surface area contributed by atoms with E-state index in [1.165, 1.54) is 6.07 Å². The fourth-order valence-electron chi connectivity index (χ4n) is 2.98. The SMILES string of the molecule is CCCCCCC(CC)Oc1ccc(CCC(N)(CO)CO)cc1C(F)(F)F. The Bertz CT molecular complexity index is 575. The van der Waals surface area contributed by atoms with Crippen molar-refractivity contribution < 1.29 is 28.1 Å². The van der Waals surface area contributed by atoms with E-state index in [2.05, 4.69) is 6.92 Å². The highest BCUT2D eigenvalue weighted by molar-refractivity contribution is 5.39. The molecule has 0 radical (unpaired) electrons. The van der Waals surface area contributed by atoms with Crippen LogP contribution in [0.15, 0.2) is 18.2 Å². The van der Waals surface area contributed by atoms with Crippen LogP contribution in [0.1, 0.15) is 69.9 Å². The number of halogens is 3. The first-order chi connectivity index (χ1) is 13.2. The van der Waals surface area contributed by atoms with Crippen molar-refractivity contribution in [2.75, 3.05) is 13.2 Å². The molecule has 1 atom stereocenters. The van der Waals surface area contributed by atoms with Gasteiger partial charge in [-0.05, 0) is 49.8 Å². The van der Waals surface area contributed by atoms with E-state index in [9.17, 15) is 23.4 Å². The van der Waals surface area contributed by atoms with E-state index in [1.807, 2.05) is 6.92 Å². The summed E-state index contributed by atoms with van der Waals surface area (Å²) in [6, 6.07) is 4.03. The van der Waals surface area contributed by atoms with Crippen LogP contribution in [0, 0.1) is 0 Å². The first-order valence-electron chi connectivity index (χ1n) is 10.1. The molecular weight excluding hydrogens is 371 g/mol. The van der Waals surface area contributed by atoms with Gasteiger partial charge in [-0.2, -0.15) is 13.2 Å². The zero-order valence-corrected chi connectivity index (χ0v) is 16.9. The highest BCUT2D eigenvalue weighted by Crippen LogP contribution is 2.38. The molecule has 28 heavy (non-hydrogen) atoms. The Kier molecular flexibility index (Phi) is 10.3. The molecular formula is C21H34F3NO3. The zero-order valence-electron chi connectivity index (χ0n) is 16.9. The van der Waals surface area contributed by atoms with Gasteiger partial charge in [-0.3, -0.25) is 0 Å². The van der Waals surface area contributed by atoms with Crippen molar-refractivity contribution in [3.05, 3.63) is 29.3 Å². The van der Waals surface area contributed by atoms with E-state index in [4.69, 9.17) is 10.5 Å². The molecule has 0 fully saturated rings. The van der Waals surface area contributed by atoms with Gasteiger partial charge in [0.15, 0.2) is 0 Å². The second kappa shape index (κ2) is 11.6. The lowest BCUT2D eigenvalue weighted by Crippen LogP contribution is -2.47. The molecule has 1 unspecified atom stereocenters. The summed E-state index contributed by atoms with van der Waals surface area (Å²) in [5, 5.41) is 18.5. The van der Waals surface area contributed by atoms with Crippen LogP contribution in [0.3, 0.4) is 0 Å². The van der Waals surface area contributed by atoms with Gasteiger partial charge in [-0.25, -0.2) is 0 Å². The molecule has 0 aliphatic carbocycles. The topological polar surface area (TPSA) is 75.7 Å². The number of aliphatic hydroxyl groups is 2. The molecule has 1 aromatic carbocycles. The van der Waals surface area contributed by atoms with Gasteiger partial charge >= 0.3 is 6.18 Å². The summed E-state index contributed by atoms with van der Waals surface area (Å²) >= 11 is 0. The zero-order chi connectivity index (χ0) is 21.2. The number of unbranched alkanes of at least 4 members (excludes halogenated alkanes) is 3. The summed E-state index contributed by atoms with van der Waals surface area (Å²) in [6.07, 6.45) is 1.21. The molecule has 0 saturated heterocycles. The van der Waals surface area contributed by atoms with Gasteiger partial charge in [0.2, 0.25) is 0 Å². The smallest absolute Gasteiger partial charge is 0.419 e. The van der Waals surface area contributed by atoms with Crippen LogP contribution in [0.4, 0.5) is 13.2 Å². The van der Waals surface area contributed by atoms with Crippen LogP contribution < -0.4 is 10.5 Å². The van der Waals surface area contributed by atoms with E-state index in [0.717, 1.165) is 38.2 Å². The average Bonchev–Trinajstić information content (AvgIpc) is 2.68. The second-order valence-corrected chi connectivity index (χ2v) is 7.50. The average molecular weight is 406 g/mol. The molecule has 162 valence electrons. The van der Waals surface area contributed by atoms with Crippen molar-refractivity contribution in [3.63, 3.8) is 0 Å². The van der Waals surface area contributed by atoms with E-state index in [1.54, 1.807) is 6.07 Å². The summed E-state index contributed by atoms with van der Waals surface area (Å²) in [7, 11) is 0. The van der Waals surface area contributed by atoms with Crippen LogP contribution in [0.5, 0.6) is 5.75 Å². The van der Waals surface area contributed by atoms with Crippen LogP contribution in [0.25, 0.3) is 0 Å². The fourth-order valence-corrected chi connectivity index (χ4v) is 2.98. The maximum absolute atomic E-state index is 13.6. The van der Waals surface area contributed by atoms with Gasteiger partial charge in [0.05, 0.1) is 30.4 Å². The van der Waals surface area contributed by atoms with Crippen molar-refractivity contribution in [3.8, 4) is 5.75 Å². The van der Waals surface area contributed by atoms with E-state index in [-0.39, 0.29) is 24.7 Å². The number of ether oxygens (including phenoxy) is 1. The van der Waals surface area contributed by atoms with Gasteiger partial charge in [0.25, 0.3) is 0 Å². The molecule has 0 bridgehead atoms. The quantitative estimate of drug-likeness (QED) is 0.424. The third-order valence-corrected chi connectivity index (χ3v) is 5.02. The minimum atomic E-state index is -4.53. The minimum absolute atomic E-state index is 0.151. The lowest BCUT2D eigenvalue weighted by atomic mass is 9.93. The first kappa shape index (κ1) is 24.7. The monoisotopic (exact) mass is 405 g/mol. The minimum Gasteiger partial charge on any atom is -0.490 e. The molecule has 1 rings (SSSR count). The Morgan fingerprint density at radius 3 is 2.29 bits per heavy atom. The Labute approximate surface area is 165 Å². The van der Waals surface area contributed by atoms with Crippen LogP contribution in [-0.4, -0.2) is 35.1 Å². The van der Waals surface area contributed by atoms with Crippen molar-refractivity contribution in [1.29, 1.82) is 0 Å². The molecule has 0 heterocycles. The number of aryl methyl sites for hydroxylation is 1. The maximum Gasteiger partial charge on any atom is 0.419 e. The summed E-state index contributed by atoms with van der Waals surface area (Å²) in [4.78, 5) is 0. The lowest BCUT2D eigenvalue weighted by Gasteiger charge is -2.25. The normalized spacial score (nSPS) is 13.6. The van der Waals surface area contributed by atoms with Gasteiger partial charge in [0.1, 0.15) is 5.75 Å².